The maximum absolute atomic E-state index is 12.0. The molecular weight excluding hydrogens is 350 g/mol. The van der Waals surface area contributed by atoms with E-state index in [2.05, 4.69) is 40.4 Å². The first kappa shape index (κ1) is 19.9. The molecule has 0 aliphatic rings. The van der Waals surface area contributed by atoms with Crippen molar-refractivity contribution < 1.29 is 9.53 Å². The van der Waals surface area contributed by atoms with Gasteiger partial charge in [-0.2, -0.15) is 0 Å². The number of ether oxygens (including phenoxy) is 1. The van der Waals surface area contributed by atoms with Gasteiger partial charge in [0.25, 0.3) is 5.91 Å². The van der Waals surface area contributed by atoms with Gasteiger partial charge in [-0.1, -0.05) is 30.3 Å². The van der Waals surface area contributed by atoms with Crippen molar-refractivity contribution in [1.29, 1.82) is 0 Å². The zero-order valence-electron chi connectivity index (χ0n) is 16.6. The number of rotatable bonds is 8. The summed E-state index contributed by atoms with van der Waals surface area (Å²) in [7, 11) is 1.68. The third kappa shape index (κ3) is 5.31. The standard InChI is InChI=1S/C23H27N3O2/c1-16(2)26-23(27)19-7-4-17(5-8-19)14-24-25-15-18-6-9-21-13-22(28-3)11-10-20(21)12-18/h4-13,16,24-25H,14-15H2,1-3H3,(H,26,27). The number of benzene rings is 3. The molecular formula is C23H27N3O2. The molecule has 146 valence electrons. The van der Waals surface area contributed by atoms with Crippen LogP contribution in [0.2, 0.25) is 0 Å². The van der Waals surface area contributed by atoms with Crippen molar-refractivity contribution in [3.63, 3.8) is 0 Å². The van der Waals surface area contributed by atoms with Gasteiger partial charge in [0, 0.05) is 24.7 Å². The summed E-state index contributed by atoms with van der Waals surface area (Å²) >= 11 is 0. The van der Waals surface area contributed by atoms with Crippen molar-refractivity contribution in [3.05, 3.63) is 77.4 Å². The van der Waals surface area contributed by atoms with Crippen LogP contribution >= 0.6 is 0 Å². The van der Waals surface area contributed by atoms with Gasteiger partial charge in [-0.15, -0.1) is 0 Å². The minimum atomic E-state index is -0.0402. The highest BCUT2D eigenvalue weighted by Gasteiger charge is 2.06. The van der Waals surface area contributed by atoms with Crippen molar-refractivity contribution in [1.82, 2.24) is 16.2 Å². The number of methoxy groups -OCH3 is 1. The quantitative estimate of drug-likeness (QED) is 0.413. The van der Waals surface area contributed by atoms with Crippen LogP contribution in [0.5, 0.6) is 5.75 Å². The molecule has 3 rings (SSSR count). The second-order valence-electron chi connectivity index (χ2n) is 7.08. The molecule has 0 bridgehead atoms. The molecule has 0 radical (unpaired) electrons. The van der Waals surface area contributed by atoms with Crippen LogP contribution in [-0.2, 0) is 13.1 Å². The Labute approximate surface area is 166 Å². The van der Waals surface area contributed by atoms with E-state index in [0.717, 1.165) is 23.2 Å². The average Bonchev–Trinajstić information content (AvgIpc) is 2.70. The zero-order valence-corrected chi connectivity index (χ0v) is 16.6. The highest BCUT2D eigenvalue weighted by molar-refractivity contribution is 5.94. The summed E-state index contributed by atoms with van der Waals surface area (Å²) in [6.45, 7) is 5.30. The lowest BCUT2D eigenvalue weighted by atomic mass is 10.1. The van der Waals surface area contributed by atoms with Gasteiger partial charge in [0.15, 0.2) is 0 Å². The van der Waals surface area contributed by atoms with Crippen LogP contribution in [-0.4, -0.2) is 19.1 Å². The van der Waals surface area contributed by atoms with E-state index in [0.29, 0.717) is 12.1 Å². The van der Waals surface area contributed by atoms with E-state index < -0.39 is 0 Å². The molecule has 28 heavy (non-hydrogen) atoms. The molecule has 1 amide bonds. The summed E-state index contributed by atoms with van der Waals surface area (Å²) < 4.78 is 5.27. The van der Waals surface area contributed by atoms with Crippen LogP contribution in [0.25, 0.3) is 10.8 Å². The first-order valence-corrected chi connectivity index (χ1v) is 9.47. The van der Waals surface area contributed by atoms with Gasteiger partial charge in [0.2, 0.25) is 0 Å². The lowest BCUT2D eigenvalue weighted by Crippen LogP contribution is -2.31. The summed E-state index contributed by atoms with van der Waals surface area (Å²) in [4.78, 5) is 12.0. The van der Waals surface area contributed by atoms with E-state index in [1.165, 1.54) is 10.9 Å². The predicted octanol–water partition coefficient (Wildman–Crippen LogP) is 3.78. The second kappa shape index (κ2) is 9.35. The minimum absolute atomic E-state index is 0.0402. The maximum atomic E-state index is 12.0. The lowest BCUT2D eigenvalue weighted by Gasteiger charge is -2.10. The Bertz CT molecular complexity index is 936. The van der Waals surface area contributed by atoms with Crippen molar-refractivity contribution in [2.75, 3.05) is 7.11 Å². The Morgan fingerprint density at radius 3 is 2.14 bits per heavy atom. The fourth-order valence-electron chi connectivity index (χ4n) is 2.96. The van der Waals surface area contributed by atoms with Crippen LogP contribution in [0.15, 0.2) is 60.7 Å². The van der Waals surface area contributed by atoms with Crippen molar-refractivity contribution in [2.45, 2.75) is 33.0 Å². The van der Waals surface area contributed by atoms with Crippen LogP contribution in [0.3, 0.4) is 0 Å². The van der Waals surface area contributed by atoms with E-state index in [9.17, 15) is 4.79 Å². The molecule has 0 aromatic heterocycles. The fourth-order valence-corrected chi connectivity index (χ4v) is 2.96. The molecule has 0 unspecified atom stereocenters. The first-order chi connectivity index (χ1) is 13.5. The molecule has 5 heteroatoms. The average molecular weight is 377 g/mol. The van der Waals surface area contributed by atoms with Crippen molar-refractivity contribution in [2.24, 2.45) is 0 Å². The summed E-state index contributed by atoms with van der Waals surface area (Å²) in [5, 5.41) is 5.25. The number of fused-ring (bicyclic) bond motifs is 1. The Morgan fingerprint density at radius 2 is 1.46 bits per heavy atom. The Hall–Kier alpha value is -2.89. The minimum Gasteiger partial charge on any atom is -0.497 e. The largest absolute Gasteiger partial charge is 0.497 e. The van der Waals surface area contributed by atoms with Crippen LogP contribution in [0.1, 0.15) is 35.3 Å². The van der Waals surface area contributed by atoms with Gasteiger partial charge in [-0.25, -0.2) is 0 Å². The molecule has 0 saturated carbocycles. The number of amides is 1. The molecule has 0 fully saturated rings. The molecule has 0 heterocycles. The fraction of sp³-hybridized carbons (Fsp3) is 0.261. The molecule has 3 N–H and O–H groups in total. The smallest absolute Gasteiger partial charge is 0.251 e. The Morgan fingerprint density at radius 1 is 0.857 bits per heavy atom. The van der Waals surface area contributed by atoms with E-state index in [4.69, 9.17) is 4.74 Å². The zero-order chi connectivity index (χ0) is 19.9. The monoisotopic (exact) mass is 377 g/mol. The first-order valence-electron chi connectivity index (χ1n) is 9.47. The molecule has 5 nitrogen and oxygen atoms in total. The topological polar surface area (TPSA) is 62.4 Å². The van der Waals surface area contributed by atoms with Gasteiger partial charge in [-0.05, 0) is 66.1 Å². The van der Waals surface area contributed by atoms with Crippen molar-refractivity contribution in [3.8, 4) is 5.75 Å². The highest BCUT2D eigenvalue weighted by Crippen LogP contribution is 2.21. The third-order valence-corrected chi connectivity index (χ3v) is 4.46. The van der Waals surface area contributed by atoms with Gasteiger partial charge in [-0.3, -0.25) is 15.6 Å². The van der Waals surface area contributed by atoms with Crippen LogP contribution in [0, 0.1) is 0 Å². The maximum Gasteiger partial charge on any atom is 0.251 e. The normalized spacial score (nSPS) is 11.0. The van der Waals surface area contributed by atoms with Gasteiger partial charge >= 0.3 is 0 Å². The van der Waals surface area contributed by atoms with Crippen LogP contribution in [0.4, 0.5) is 0 Å². The summed E-state index contributed by atoms with van der Waals surface area (Å²) in [5.74, 6) is 0.828. The number of hydrazine groups is 1. The molecule has 0 atom stereocenters. The number of hydrogen-bond donors (Lipinski definition) is 3. The van der Waals surface area contributed by atoms with E-state index >= 15 is 0 Å². The molecule has 0 spiro atoms. The number of carbonyl (C=O) groups is 1. The molecule has 0 saturated heterocycles. The van der Waals surface area contributed by atoms with Crippen molar-refractivity contribution >= 4 is 16.7 Å². The van der Waals surface area contributed by atoms with Gasteiger partial charge in [0.05, 0.1) is 7.11 Å². The van der Waals surface area contributed by atoms with Crippen LogP contribution < -0.4 is 20.9 Å². The second-order valence-corrected chi connectivity index (χ2v) is 7.08. The van der Waals surface area contributed by atoms with E-state index in [1.807, 2.05) is 50.2 Å². The van der Waals surface area contributed by atoms with E-state index in [1.54, 1.807) is 7.11 Å². The van der Waals surface area contributed by atoms with Gasteiger partial charge < -0.3 is 10.1 Å². The van der Waals surface area contributed by atoms with E-state index in [-0.39, 0.29) is 11.9 Å². The Balaban J connectivity index is 1.49. The molecule has 3 aromatic carbocycles. The third-order valence-electron chi connectivity index (χ3n) is 4.46. The highest BCUT2D eigenvalue weighted by atomic mass is 16.5. The number of carbonyl (C=O) groups excluding carboxylic acids is 1. The van der Waals surface area contributed by atoms with Gasteiger partial charge in [0.1, 0.15) is 5.75 Å². The summed E-state index contributed by atoms with van der Waals surface area (Å²) in [6, 6.07) is 20.2. The predicted molar refractivity (Wildman–Crippen MR) is 113 cm³/mol. The molecule has 0 aliphatic carbocycles. The SMILES string of the molecule is COc1ccc2cc(CNNCc3ccc(C(=O)NC(C)C)cc3)ccc2c1. The number of hydrogen-bond acceptors (Lipinski definition) is 4. The Kier molecular flexibility index (Phi) is 6.63. The molecule has 3 aromatic rings. The summed E-state index contributed by atoms with van der Waals surface area (Å²) in [6.07, 6.45) is 0. The lowest BCUT2D eigenvalue weighted by molar-refractivity contribution is 0.0943. The summed E-state index contributed by atoms with van der Waals surface area (Å²) in [5.41, 5.74) is 9.46. The number of nitrogens with one attached hydrogen (secondary N) is 3. The molecule has 0 aliphatic heterocycles.